The van der Waals surface area contributed by atoms with Gasteiger partial charge in [0.2, 0.25) is 0 Å². The zero-order valence-electron chi connectivity index (χ0n) is 9.71. The molecule has 1 aromatic rings. The molecule has 0 radical (unpaired) electrons. The molecular formula is C13H12ClN3S. The lowest BCUT2D eigenvalue weighted by molar-refractivity contribution is 0.499. The first-order valence-electron chi connectivity index (χ1n) is 5.47. The van der Waals surface area contributed by atoms with E-state index in [1.165, 1.54) is 11.8 Å². The van der Waals surface area contributed by atoms with Crippen molar-refractivity contribution >= 4 is 34.7 Å². The molecule has 0 N–H and O–H groups in total. The van der Waals surface area contributed by atoms with Crippen LogP contribution in [-0.4, -0.2) is 35.2 Å². The molecule has 0 amide bonds. The highest BCUT2D eigenvalue weighted by Gasteiger charge is 2.15. The molecular weight excluding hydrogens is 266 g/mol. The largest absolute Gasteiger partial charge is 0.259 e. The molecule has 0 saturated carbocycles. The van der Waals surface area contributed by atoms with Crippen LogP contribution in [0.3, 0.4) is 0 Å². The van der Waals surface area contributed by atoms with Crippen molar-refractivity contribution in [2.24, 2.45) is 10.1 Å². The second-order valence-corrected chi connectivity index (χ2v) is 4.96. The first-order chi connectivity index (χ1) is 8.79. The summed E-state index contributed by atoms with van der Waals surface area (Å²) in [5.41, 5.74) is 0.968. The van der Waals surface area contributed by atoms with Gasteiger partial charge in [0, 0.05) is 5.02 Å². The van der Waals surface area contributed by atoms with E-state index in [4.69, 9.17) is 18.0 Å². The van der Waals surface area contributed by atoms with Crippen molar-refractivity contribution in [3.8, 4) is 12.3 Å². The number of hydrogen-bond donors (Lipinski definition) is 0. The number of benzene rings is 1. The van der Waals surface area contributed by atoms with E-state index >= 15 is 0 Å². The maximum atomic E-state index is 5.91. The maximum absolute atomic E-state index is 5.91. The van der Waals surface area contributed by atoms with Gasteiger partial charge in [-0.3, -0.25) is 4.99 Å². The van der Waals surface area contributed by atoms with Gasteiger partial charge in [0.15, 0.2) is 5.17 Å². The fourth-order valence-corrected chi connectivity index (χ4v) is 2.36. The first kappa shape index (κ1) is 13.0. The highest BCUT2D eigenvalue weighted by molar-refractivity contribution is 8.13. The molecule has 0 spiro atoms. The van der Waals surface area contributed by atoms with Crippen molar-refractivity contribution in [3.63, 3.8) is 0 Å². The number of hydrogen-bond acceptors (Lipinski definition) is 4. The number of rotatable bonds is 3. The highest BCUT2D eigenvalue weighted by Crippen LogP contribution is 2.14. The molecule has 0 aliphatic carbocycles. The number of hydrazone groups is 1. The second-order valence-electron chi connectivity index (χ2n) is 3.58. The van der Waals surface area contributed by atoms with E-state index in [-0.39, 0.29) is 0 Å². The van der Waals surface area contributed by atoms with Crippen LogP contribution in [-0.2, 0) is 0 Å². The molecule has 0 bridgehead atoms. The summed E-state index contributed by atoms with van der Waals surface area (Å²) in [6, 6.07) is 7.56. The minimum atomic E-state index is 0.613. The van der Waals surface area contributed by atoms with Gasteiger partial charge in [-0.1, -0.05) is 41.4 Å². The van der Waals surface area contributed by atoms with Gasteiger partial charge < -0.3 is 0 Å². The van der Waals surface area contributed by atoms with Gasteiger partial charge in [0.25, 0.3) is 0 Å². The van der Waals surface area contributed by atoms with Crippen LogP contribution in [0.5, 0.6) is 0 Å². The third-order valence-electron chi connectivity index (χ3n) is 2.26. The fraction of sp³-hybridized carbons (Fsp3) is 0.231. The maximum Gasteiger partial charge on any atom is 0.180 e. The number of nitrogens with zero attached hydrogens (tertiary/aromatic N) is 3. The van der Waals surface area contributed by atoms with Gasteiger partial charge in [-0.15, -0.1) is 6.42 Å². The van der Waals surface area contributed by atoms with Gasteiger partial charge in [-0.05, 0) is 17.7 Å². The summed E-state index contributed by atoms with van der Waals surface area (Å²) in [7, 11) is 0. The van der Waals surface area contributed by atoms with Crippen molar-refractivity contribution in [3.05, 3.63) is 34.9 Å². The van der Waals surface area contributed by atoms with Crippen molar-refractivity contribution in [1.82, 2.24) is 5.01 Å². The van der Waals surface area contributed by atoms with Crippen LogP contribution in [0, 0.1) is 12.3 Å². The molecule has 5 heteroatoms. The molecule has 1 heterocycles. The van der Waals surface area contributed by atoms with Crippen molar-refractivity contribution < 1.29 is 0 Å². The molecule has 0 unspecified atom stereocenters. The third-order valence-corrected chi connectivity index (χ3v) is 3.40. The summed E-state index contributed by atoms with van der Waals surface area (Å²) < 4.78 is 0. The zero-order valence-corrected chi connectivity index (χ0v) is 11.3. The Hall–Kier alpha value is -1.44. The van der Waals surface area contributed by atoms with E-state index in [1.54, 1.807) is 6.21 Å². The van der Waals surface area contributed by atoms with Crippen LogP contribution >= 0.6 is 23.4 Å². The molecule has 1 aliphatic rings. The third kappa shape index (κ3) is 3.52. The summed E-state index contributed by atoms with van der Waals surface area (Å²) >= 11 is 7.44. The lowest BCUT2D eigenvalue weighted by Gasteiger charge is -2.12. The van der Waals surface area contributed by atoms with Crippen LogP contribution in [0.25, 0.3) is 0 Å². The molecule has 92 valence electrons. The van der Waals surface area contributed by atoms with E-state index in [0.29, 0.717) is 10.8 Å². The molecule has 2 rings (SSSR count). The second kappa shape index (κ2) is 6.48. The topological polar surface area (TPSA) is 28.0 Å². The van der Waals surface area contributed by atoms with Gasteiger partial charge >= 0.3 is 0 Å². The van der Waals surface area contributed by atoms with Crippen LogP contribution in [0.2, 0.25) is 5.02 Å². The monoisotopic (exact) mass is 277 g/mol. The van der Waals surface area contributed by atoms with Crippen LogP contribution in [0.4, 0.5) is 0 Å². The van der Waals surface area contributed by atoms with Crippen LogP contribution in [0.15, 0.2) is 34.4 Å². The average molecular weight is 278 g/mol. The summed E-state index contributed by atoms with van der Waals surface area (Å²) in [5, 5.41) is 7.85. The predicted octanol–water partition coefficient (Wildman–Crippen LogP) is 2.71. The lowest BCUT2D eigenvalue weighted by atomic mass is 10.2. The molecule has 1 aliphatic heterocycles. The van der Waals surface area contributed by atoms with E-state index < -0.39 is 0 Å². The standard InChI is InChI=1S/C13H12ClN3S/c1-2-8-18-13-15-6-7-17(13)16-10-11-4-3-5-12(14)9-11/h1,3-5,9-10H,6-8H2/b16-10+. The Morgan fingerprint density at radius 2 is 2.50 bits per heavy atom. The van der Waals surface area contributed by atoms with E-state index in [0.717, 1.165) is 23.8 Å². The number of halogens is 1. The minimum absolute atomic E-state index is 0.613. The minimum Gasteiger partial charge on any atom is -0.259 e. The fourth-order valence-electron chi connectivity index (χ4n) is 1.47. The summed E-state index contributed by atoms with van der Waals surface area (Å²) in [6.07, 6.45) is 7.02. The quantitative estimate of drug-likeness (QED) is 0.628. The Bertz CT molecular complexity index is 519. The molecule has 0 fully saturated rings. The van der Waals surface area contributed by atoms with E-state index in [1.807, 2.05) is 29.3 Å². The van der Waals surface area contributed by atoms with E-state index in [9.17, 15) is 0 Å². The Morgan fingerprint density at radius 1 is 1.61 bits per heavy atom. The Morgan fingerprint density at radius 3 is 3.28 bits per heavy atom. The summed E-state index contributed by atoms with van der Waals surface area (Å²) in [6.45, 7) is 1.56. The number of terminal acetylenes is 1. The smallest absolute Gasteiger partial charge is 0.180 e. The average Bonchev–Trinajstić information content (AvgIpc) is 2.81. The number of thioether (sulfide) groups is 1. The van der Waals surface area contributed by atoms with Crippen molar-refractivity contribution in [2.75, 3.05) is 18.8 Å². The normalized spacial score (nSPS) is 14.9. The lowest BCUT2D eigenvalue weighted by Crippen LogP contribution is -2.19. The predicted molar refractivity (Wildman–Crippen MR) is 79.3 cm³/mol. The summed E-state index contributed by atoms with van der Waals surface area (Å²) in [5.74, 6) is 3.20. The van der Waals surface area contributed by atoms with Crippen molar-refractivity contribution in [2.45, 2.75) is 0 Å². The summed E-state index contributed by atoms with van der Waals surface area (Å²) in [4.78, 5) is 4.35. The first-order valence-corrected chi connectivity index (χ1v) is 6.84. The molecule has 3 nitrogen and oxygen atoms in total. The zero-order chi connectivity index (χ0) is 12.8. The SMILES string of the molecule is C#CCSC1=NCCN1/N=C/c1cccc(Cl)c1. The molecule has 0 saturated heterocycles. The van der Waals surface area contributed by atoms with Crippen molar-refractivity contribution in [1.29, 1.82) is 0 Å². The van der Waals surface area contributed by atoms with E-state index in [2.05, 4.69) is 16.0 Å². The Balaban J connectivity index is 2.01. The molecule has 18 heavy (non-hydrogen) atoms. The Labute approximate surface area is 116 Å². The highest BCUT2D eigenvalue weighted by atomic mass is 35.5. The van der Waals surface area contributed by atoms with Gasteiger partial charge in [-0.2, -0.15) is 5.10 Å². The molecule has 1 aromatic carbocycles. The number of aliphatic imine (C=N–C) groups is 1. The molecule has 0 aromatic heterocycles. The van der Waals surface area contributed by atoms with Gasteiger partial charge in [0.05, 0.1) is 25.1 Å². The van der Waals surface area contributed by atoms with Crippen LogP contribution < -0.4 is 0 Å². The van der Waals surface area contributed by atoms with Gasteiger partial charge in [0.1, 0.15) is 0 Å². The van der Waals surface area contributed by atoms with Crippen LogP contribution in [0.1, 0.15) is 5.56 Å². The van der Waals surface area contributed by atoms with Gasteiger partial charge in [-0.25, -0.2) is 5.01 Å². The number of amidine groups is 1. The molecule has 0 atom stereocenters. The Kier molecular flexibility index (Phi) is 4.68.